The SMILES string of the molecule is CCN1CCC(N(C(=O)c2nnn(-c3ccc(OC(C)C)cc3)c2C)C2CC2)CC1. The number of aromatic nitrogens is 3. The van der Waals surface area contributed by atoms with Crippen LogP contribution in [0.25, 0.3) is 5.69 Å². The van der Waals surface area contributed by atoms with Gasteiger partial charge >= 0.3 is 0 Å². The molecule has 1 aliphatic heterocycles. The normalized spacial score (nSPS) is 18.0. The largest absolute Gasteiger partial charge is 0.491 e. The van der Waals surface area contributed by atoms with Gasteiger partial charge in [0.05, 0.1) is 17.5 Å². The van der Waals surface area contributed by atoms with E-state index >= 15 is 0 Å². The van der Waals surface area contributed by atoms with Crippen LogP contribution in [-0.2, 0) is 0 Å². The molecule has 2 aliphatic rings. The molecule has 7 nitrogen and oxygen atoms in total. The van der Waals surface area contributed by atoms with Gasteiger partial charge < -0.3 is 14.5 Å². The Morgan fingerprint density at radius 3 is 2.33 bits per heavy atom. The minimum atomic E-state index is 0.0379. The van der Waals surface area contributed by atoms with Crippen molar-refractivity contribution in [2.45, 2.75) is 71.6 Å². The smallest absolute Gasteiger partial charge is 0.276 e. The topological polar surface area (TPSA) is 63.5 Å². The summed E-state index contributed by atoms with van der Waals surface area (Å²) in [5.74, 6) is 0.858. The number of piperidine rings is 1. The summed E-state index contributed by atoms with van der Waals surface area (Å²) in [7, 11) is 0. The molecule has 1 aliphatic carbocycles. The molecule has 162 valence electrons. The third kappa shape index (κ3) is 4.36. The van der Waals surface area contributed by atoms with Crippen LogP contribution in [0.2, 0.25) is 0 Å². The van der Waals surface area contributed by atoms with Gasteiger partial charge in [0.15, 0.2) is 5.69 Å². The Morgan fingerprint density at radius 2 is 1.77 bits per heavy atom. The highest BCUT2D eigenvalue weighted by molar-refractivity contribution is 5.94. The summed E-state index contributed by atoms with van der Waals surface area (Å²) < 4.78 is 7.46. The molecule has 0 atom stereocenters. The molecule has 2 fully saturated rings. The monoisotopic (exact) mass is 411 g/mol. The lowest BCUT2D eigenvalue weighted by Crippen LogP contribution is -2.48. The van der Waals surface area contributed by atoms with Crippen LogP contribution in [0.4, 0.5) is 0 Å². The quantitative estimate of drug-likeness (QED) is 0.698. The van der Waals surface area contributed by atoms with E-state index in [1.165, 1.54) is 0 Å². The zero-order chi connectivity index (χ0) is 21.3. The first kappa shape index (κ1) is 20.8. The summed E-state index contributed by atoms with van der Waals surface area (Å²) in [5.41, 5.74) is 2.14. The maximum absolute atomic E-state index is 13.5. The fraction of sp³-hybridized carbons (Fsp3) is 0.609. The van der Waals surface area contributed by atoms with Crippen molar-refractivity contribution in [3.63, 3.8) is 0 Å². The maximum atomic E-state index is 13.5. The molecule has 0 radical (unpaired) electrons. The Morgan fingerprint density at radius 1 is 1.13 bits per heavy atom. The zero-order valence-corrected chi connectivity index (χ0v) is 18.5. The Kier molecular flexibility index (Phi) is 6.09. The zero-order valence-electron chi connectivity index (χ0n) is 18.5. The van der Waals surface area contributed by atoms with Gasteiger partial charge in [-0.3, -0.25) is 4.79 Å². The van der Waals surface area contributed by atoms with E-state index in [0.29, 0.717) is 17.8 Å². The number of amides is 1. The second-order valence-electron chi connectivity index (χ2n) is 8.70. The van der Waals surface area contributed by atoms with Gasteiger partial charge in [0.1, 0.15) is 5.75 Å². The number of carbonyl (C=O) groups is 1. The number of nitrogens with zero attached hydrogens (tertiary/aromatic N) is 5. The average molecular weight is 412 g/mol. The van der Waals surface area contributed by atoms with E-state index in [4.69, 9.17) is 4.74 Å². The van der Waals surface area contributed by atoms with Gasteiger partial charge in [-0.2, -0.15) is 0 Å². The van der Waals surface area contributed by atoms with E-state index in [9.17, 15) is 4.79 Å². The molecule has 2 heterocycles. The minimum absolute atomic E-state index is 0.0379. The van der Waals surface area contributed by atoms with Crippen molar-refractivity contribution in [1.29, 1.82) is 0 Å². The van der Waals surface area contributed by atoms with E-state index in [1.807, 2.05) is 45.0 Å². The summed E-state index contributed by atoms with van der Waals surface area (Å²) in [6, 6.07) is 8.43. The van der Waals surface area contributed by atoms with E-state index in [0.717, 1.165) is 62.4 Å². The predicted molar refractivity (Wildman–Crippen MR) is 116 cm³/mol. The third-order valence-corrected chi connectivity index (χ3v) is 6.12. The molecule has 4 rings (SSSR count). The first-order valence-electron chi connectivity index (χ1n) is 11.2. The van der Waals surface area contributed by atoms with Crippen LogP contribution in [0, 0.1) is 6.92 Å². The van der Waals surface area contributed by atoms with Crippen LogP contribution in [0.3, 0.4) is 0 Å². The van der Waals surface area contributed by atoms with Crippen LogP contribution in [0.5, 0.6) is 5.75 Å². The van der Waals surface area contributed by atoms with Crippen LogP contribution in [-0.4, -0.2) is 68.5 Å². The van der Waals surface area contributed by atoms with Crippen LogP contribution >= 0.6 is 0 Å². The highest BCUT2D eigenvalue weighted by Gasteiger charge is 2.40. The molecule has 0 unspecified atom stereocenters. The van der Waals surface area contributed by atoms with Gasteiger partial charge in [0.25, 0.3) is 5.91 Å². The summed E-state index contributed by atoms with van der Waals surface area (Å²) >= 11 is 0. The lowest BCUT2D eigenvalue weighted by molar-refractivity contribution is 0.0547. The molecule has 1 aromatic heterocycles. The first-order chi connectivity index (χ1) is 14.5. The molecule has 0 bridgehead atoms. The van der Waals surface area contributed by atoms with E-state index in [1.54, 1.807) is 4.68 Å². The number of ether oxygens (including phenoxy) is 1. The minimum Gasteiger partial charge on any atom is -0.491 e. The molecule has 1 saturated carbocycles. The summed E-state index contributed by atoms with van der Waals surface area (Å²) in [6.45, 7) is 11.3. The second kappa shape index (κ2) is 8.76. The van der Waals surface area contributed by atoms with Crippen LogP contribution < -0.4 is 4.74 Å². The fourth-order valence-corrected chi connectivity index (χ4v) is 4.33. The molecule has 7 heteroatoms. The standard InChI is InChI=1S/C23H33N5O2/c1-5-26-14-12-19(13-15-26)27(18-6-7-18)23(29)22-17(4)28(25-24-22)20-8-10-21(11-9-20)30-16(2)3/h8-11,16,18-19H,5-7,12-15H2,1-4H3. The first-order valence-corrected chi connectivity index (χ1v) is 11.2. The molecule has 1 aromatic carbocycles. The number of rotatable bonds is 7. The van der Waals surface area contributed by atoms with Crippen molar-refractivity contribution in [2.75, 3.05) is 19.6 Å². The summed E-state index contributed by atoms with van der Waals surface area (Å²) in [5, 5.41) is 8.60. The number of hydrogen-bond donors (Lipinski definition) is 0. The highest BCUT2D eigenvalue weighted by atomic mass is 16.5. The van der Waals surface area contributed by atoms with E-state index < -0.39 is 0 Å². The molecule has 0 N–H and O–H groups in total. The number of likely N-dealkylation sites (tertiary alicyclic amines) is 1. The maximum Gasteiger partial charge on any atom is 0.276 e. The van der Waals surface area contributed by atoms with Gasteiger partial charge in [0.2, 0.25) is 0 Å². The average Bonchev–Trinajstić information content (AvgIpc) is 3.50. The number of carbonyl (C=O) groups excluding carboxylic acids is 1. The van der Waals surface area contributed by atoms with E-state index in [-0.39, 0.29) is 12.0 Å². The van der Waals surface area contributed by atoms with Crippen LogP contribution in [0.15, 0.2) is 24.3 Å². The molecule has 2 aromatic rings. The van der Waals surface area contributed by atoms with Crippen molar-refractivity contribution in [2.24, 2.45) is 0 Å². The number of hydrogen-bond acceptors (Lipinski definition) is 5. The van der Waals surface area contributed by atoms with Crippen molar-refractivity contribution in [1.82, 2.24) is 24.8 Å². The lowest BCUT2D eigenvalue weighted by atomic mass is 10.0. The van der Waals surface area contributed by atoms with Crippen molar-refractivity contribution in [3.05, 3.63) is 35.7 Å². The molecular weight excluding hydrogens is 378 g/mol. The molecule has 30 heavy (non-hydrogen) atoms. The Balaban J connectivity index is 1.52. The van der Waals surface area contributed by atoms with E-state index in [2.05, 4.69) is 27.0 Å². The van der Waals surface area contributed by atoms with Gasteiger partial charge in [-0.25, -0.2) is 4.68 Å². The van der Waals surface area contributed by atoms with Crippen molar-refractivity contribution >= 4 is 5.91 Å². The van der Waals surface area contributed by atoms with Crippen LogP contribution in [0.1, 0.15) is 62.6 Å². The van der Waals surface area contributed by atoms with Gasteiger partial charge in [-0.1, -0.05) is 12.1 Å². The fourth-order valence-electron chi connectivity index (χ4n) is 4.33. The second-order valence-corrected chi connectivity index (χ2v) is 8.70. The highest BCUT2D eigenvalue weighted by Crippen LogP contribution is 2.33. The Hall–Kier alpha value is -2.41. The Bertz CT molecular complexity index is 864. The molecule has 1 saturated heterocycles. The molecule has 0 spiro atoms. The number of benzene rings is 1. The molecular formula is C23H33N5O2. The lowest BCUT2D eigenvalue weighted by Gasteiger charge is -2.38. The Labute approximate surface area is 179 Å². The summed E-state index contributed by atoms with van der Waals surface area (Å²) in [6.07, 6.45) is 4.42. The van der Waals surface area contributed by atoms with Gasteiger partial charge in [-0.05, 0) is 77.3 Å². The summed E-state index contributed by atoms with van der Waals surface area (Å²) in [4.78, 5) is 18.1. The van der Waals surface area contributed by atoms with Gasteiger partial charge in [0, 0.05) is 25.2 Å². The van der Waals surface area contributed by atoms with Gasteiger partial charge in [-0.15, -0.1) is 5.10 Å². The predicted octanol–water partition coefficient (Wildman–Crippen LogP) is 3.45. The van der Waals surface area contributed by atoms with Crippen molar-refractivity contribution < 1.29 is 9.53 Å². The molecule has 1 amide bonds. The van der Waals surface area contributed by atoms with Crippen molar-refractivity contribution in [3.8, 4) is 11.4 Å². The third-order valence-electron chi connectivity index (χ3n) is 6.12.